The molecule has 0 N–H and O–H groups in total. The van der Waals surface area contributed by atoms with Crippen molar-refractivity contribution in [2.24, 2.45) is 0 Å². The molecule has 0 aliphatic carbocycles. The van der Waals surface area contributed by atoms with Gasteiger partial charge in [0.2, 0.25) is 5.76 Å². The second kappa shape index (κ2) is 6.78. The smallest absolute Gasteiger partial charge is 0.305 e. The third-order valence-electron chi connectivity index (χ3n) is 2.31. The SMILES string of the molecule is COC(=O)CCCN(C)C(=O)C1=COCCO1. The number of carbonyl (C=O) groups excluding carboxylic acids is 2. The average molecular weight is 243 g/mol. The van der Waals surface area contributed by atoms with Crippen molar-refractivity contribution in [3.05, 3.63) is 12.0 Å². The number of hydrogen-bond donors (Lipinski definition) is 0. The Kier molecular flexibility index (Phi) is 5.32. The second-order valence-corrected chi connectivity index (χ2v) is 3.61. The Balaban J connectivity index is 2.31. The zero-order valence-electron chi connectivity index (χ0n) is 10.1. The Morgan fingerprint density at radius 3 is 2.82 bits per heavy atom. The van der Waals surface area contributed by atoms with E-state index in [1.54, 1.807) is 7.05 Å². The van der Waals surface area contributed by atoms with Crippen LogP contribution < -0.4 is 0 Å². The number of amides is 1. The molecule has 0 unspecified atom stereocenters. The van der Waals surface area contributed by atoms with Gasteiger partial charge in [-0.1, -0.05) is 0 Å². The van der Waals surface area contributed by atoms with Gasteiger partial charge >= 0.3 is 5.97 Å². The summed E-state index contributed by atoms with van der Waals surface area (Å²) < 4.78 is 14.7. The third kappa shape index (κ3) is 4.34. The van der Waals surface area contributed by atoms with Crippen molar-refractivity contribution < 1.29 is 23.8 Å². The molecule has 0 radical (unpaired) electrons. The van der Waals surface area contributed by atoms with E-state index in [0.717, 1.165) is 0 Å². The Hall–Kier alpha value is -1.72. The number of esters is 1. The zero-order valence-corrected chi connectivity index (χ0v) is 10.1. The van der Waals surface area contributed by atoms with Crippen LogP contribution >= 0.6 is 0 Å². The van der Waals surface area contributed by atoms with E-state index >= 15 is 0 Å². The maximum atomic E-state index is 11.8. The minimum Gasteiger partial charge on any atom is -0.494 e. The van der Waals surface area contributed by atoms with E-state index in [-0.39, 0.29) is 17.6 Å². The van der Waals surface area contributed by atoms with Crippen molar-refractivity contribution in [3.8, 4) is 0 Å². The number of rotatable bonds is 5. The van der Waals surface area contributed by atoms with Crippen LogP contribution in [0.5, 0.6) is 0 Å². The average Bonchev–Trinajstić information content (AvgIpc) is 2.38. The van der Waals surface area contributed by atoms with E-state index in [0.29, 0.717) is 32.6 Å². The summed E-state index contributed by atoms with van der Waals surface area (Å²) in [5, 5.41) is 0. The quantitative estimate of drug-likeness (QED) is 0.649. The summed E-state index contributed by atoms with van der Waals surface area (Å²) in [5.41, 5.74) is 0. The first-order valence-electron chi connectivity index (χ1n) is 5.42. The lowest BCUT2D eigenvalue weighted by molar-refractivity contribution is -0.141. The van der Waals surface area contributed by atoms with Crippen LogP contribution in [0.2, 0.25) is 0 Å². The highest BCUT2D eigenvalue weighted by molar-refractivity contribution is 5.91. The molecule has 0 atom stereocenters. The molecule has 96 valence electrons. The van der Waals surface area contributed by atoms with Crippen molar-refractivity contribution in [1.82, 2.24) is 4.90 Å². The molecule has 17 heavy (non-hydrogen) atoms. The summed E-state index contributed by atoms with van der Waals surface area (Å²) in [6, 6.07) is 0. The van der Waals surface area contributed by atoms with Crippen molar-refractivity contribution >= 4 is 11.9 Å². The first-order valence-corrected chi connectivity index (χ1v) is 5.42. The highest BCUT2D eigenvalue weighted by atomic mass is 16.6. The zero-order chi connectivity index (χ0) is 12.7. The summed E-state index contributed by atoms with van der Waals surface area (Å²) in [6.45, 7) is 1.31. The van der Waals surface area contributed by atoms with E-state index in [1.807, 2.05) is 0 Å². The first kappa shape index (κ1) is 13.3. The fourth-order valence-corrected chi connectivity index (χ4v) is 1.33. The lowest BCUT2D eigenvalue weighted by atomic mass is 10.3. The van der Waals surface area contributed by atoms with Gasteiger partial charge in [-0.05, 0) is 6.42 Å². The van der Waals surface area contributed by atoms with Gasteiger partial charge in [0.1, 0.15) is 19.5 Å². The van der Waals surface area contributed by atoms with Gasteiger partial charge in [-0.2, -0.15) is 0 Å². The van der Waals surface area contributed by atoms with Crippen LogP contribution in [0, 0.1) is 0 Å². The fraction of sp³-hybridized carbons (Fsp3) is 0.636. The molecule has 6 nitrogen and oxygen atoms in total. The summed E-state index contributed by atoms with van der Waals surface area (Å²) in [5.74, 6) is -0.311. The molecule has 1 aliphatic heterocycles. The Morgan fingerprint density at radius 2 is 2.24 bits per heavy atom. The topological polar surface area (TPSA) is 65.1 Å². The Labute approximate surface area is 100 Å². The fourth-order valence-electron chi connectivity index (χ4n) is 1.33. The summed E-state index contributed by atoms with van der Waals surface area (Å²) in [4.78, 5) is 24.2. The highest BCUT2D eigenvalue weighted by Gasteiger charge is 2.19. The molecule has 0 bridgehead atoms. The lowest BCUT2D eigenvalue weighted by Crippen LogP contribution is -2.31. The maximum Gasteiger partial charge on any atom is 0.305 e. The predicted molar refractivity (Wildman–Crippen MR) is 58.9 cm³/mol. The van der Waals surface area contributed by atoms with E-state index < -0.39 is 0 Å². The molecule has 0 saturated carbocycles. The molecule has 1 aliphatic rings. The standard InChI is InChI=1S/C11H17NO5/c1-12(5-3-4-10(13)15-2)11(14)9-8-16-6-7-17-9/h8H,3-7H2,1-2H3. The molecular formula is C11H17NO5. The minimum atomic E-state index is -0.276. The van der Waals surface area contributed by atoms with Crippen LogP contribution in [0.25, 0.3) is 0 Å². The number of methoxy groups -OCH3 is 1. The normalized spacial score (nSPS) is 14.1. The van der Waals surface area contributed by atoms with Gasteiger partial charge in [0, 0.05) is 20.0 Å². The van der Waals surface area contributed by atoms with Gasteiger partial charge in [-0.3, -0.25) is 9.59 Å². The monoisotopic (exact) mass is 243 g/mol. The largest absolute Gasteiger partial charge is 0.494 e. The third-order valence-corrected chi connectivity index (χ3v) is 2.31. The molecule has 0 aromatic rings. The summed E-state index contributed by atoms with van der Waals surface area (Å²) >= 11 is 0. The van der Waals surface area contributed by atoms with Gasteiger partial charge < -0.3 is 19.1 Å². The lowest BCUT2D eigenvalue weighted by Gasteiger charge is -2.20. The molecule has 0 saturated heterocycles. The van der Waals surface area contributed by atoms with Crippen molar-refractivity contribution in [1.29, 1.82) is 0 Å². The van der Waals surface area contributed by atoms with E-state index in [2.05, 4.69) is 4.74 Å². The van der Waals surface area contributed by atoms with Gasteiger partial charge in [-0.25, -0.2) is 0 Å². The Morgan fingerprint density at radius 1 is 1.47 bits per heavy atom. The van der Waals surface area contributed by atoms with Gasteiger partial charge in [-0.15, -0.1) is 0 Å². The summed E-state index contributed by atoms with van der Waals surface area (Å²) in [6.07, 6.45) is 2.18. The Bertz CT molecular complexity index is 313. The summed E-state index contributed by atoms with van der Waals surface area (Å²) in [7, 11) is 2.99. The molecule has 1 heterocycles. The van der Waals surface area contributed by atoms with Gasteiger partial charge in [0.25, 0.3) is 5.91 Å². The maximum absolute atomic E-state index is 11.8. The van der Waals surface area contributed by atoms with Gasteiger partial charge in [0.05, 0.1) is 7.11 Å². The molecule has 1 rings (SSSR count). The van der Waals surface area contributed by atoms with Crippen LogP contribution in [0.4, 0.5) is 0 Å². The number of hydrogen-bond acceptors (Lipinski definition) is 5. The predicted octanol–water partition coefficient (Wildman–Crippen LogP) is 0.286. The van der Waals surface area contributed by atoms with E-state index in [9.17, 15) is 9.59 Å². The van der Waals surface area contributed by atoms with Crippen LogP contribution in [0.1, 0.15) is 12.8 Å². The molecular weight excluding hydrogens is 226 g/mol. The van der Waals surface area contributed by atoms with Crippen molar-refractivity contribution in [2.45, 2.75) is 12.8 Å². The van der Waals surface area contributed by atoms with E-state index in [4.69, 9.17) is 9.47 Å². The van der Waals surface area contributed by atoms with Crippen LogP contribution in [-0.4, -0.2) is 50.7 Å². The van der Waals surface area contributed by atoms with Crippen molar-refractivity contribution in [2.75, 3.05) is 33.9 Å². The number of nitrogens with zero attached hydrogens (tertiary/aromatic N) is 1. The number of ether oxygens (including phenoxy) is 3. The van der Waals surface area contributed by atoms with Crippen molar-refractivity contribution in [3.63, 3.8) is 0 Å². The van der Waals surface area contributed by atoms with Crippen LogP contribution in [0.15, 0.2) is 12.0 Å². The van der Waals surface area contributed by atoms with Crippen LogP contribution in [-0.2, 0) is 23.8 Å². The highest BCUT2D eigenvalue weighted by Crippen LogP contribution is 2.08. The minimum absolute atomic E-state index is 0.205. The number of carbonyl (C=O) groups is 2. The molecule has 6 heteroatoms. The first-order chi connectivity index (χ1) is 8.15. The molecule has 0 fully saturated rings. The second-order valence-electron chi connectivity index (χ2n) is 3.61. The molecule has 0 aromatic carbocycles. The van der Waals surface area contributed by atoms with E-state index in [1.165, 1.54) is 18.3 Å². The molecule has 1 amide bonds. The van der Waals surface area contributed by atoms with Gasteiger partial charge in [0.15, 0.2) is 0 Å². The van der Waals surface area contributed by atoms with Crippen LogP contribution in [0.3, 0.4) is 0 Å². The molecule has 0 spiro atoms. The number of likely N-dealkylation sites (N-methyl/N-ethyl adjacent to an activating group) is 1. The molecule has 0 aromatic heterocycles.